The van der Waals surface area contributed by atoms with Gasteiger partial charge in [0, 0.05) is 5.56 Å². The molecule has 1 atom stereocenters. The van der Waals surface area contributed by atoms with Crippen LogP contribution in [0.2, 0.25) is 0 Å². The van der Waals surface area contributed by atoms with Crippen molar-refractivity contribution < 1.29 is 4.79 Å². The normalized spacial score (nSPS) is 13.4. The van der Waals surface area contributed by atoms with E-state index in [0.29, 0.717) is 0 Å². The maximum absolute atomic E-state index is 10.9. The molecule has 0 amide bonds. The van der Waals surface area contributed by atoms with E-state index in [1.807, 2.05) is 72.8 Å². The average molecular weight is 294 g/mol. The van der Waals surface area contributed by atoms with Gasteiger partial charge in [0.05, 0.1) is 0 Å². The van der Waals surface area contributed by atoms with Crippen molar-refractivity contribution in [2.45, 2.75) is 5.00 Å². The number of aliphatic imine (C=N–C) groups is 1. The topological polar surface area (TPSA) is 29.4 Å². The molecule has 0 spiro atoms. The van der Waals surface area contributed by atoms with E-state index in [4.69, 9.17) is 11.6 Å². The minimum absolute atomic E-state index is 0.742. The number of benzene rings is 3. The Morgan fingerprint density at radius 1 is 0.857 bits per heavy atom. The predicted octanol–water partition coefficient (Wildman–Crippen LogP) is 4.62. The number of nitrogens with zero attached hydrogens (tertiary/aromatic N) is 1. The van der Waals surface area contributed by atoms with Gasteiger partial charge in [-0.1, -0.05) is 84.4 Å². The molecule has 3 heteroatoms. The van der Waals surface area contributed by atoms with Crippen molar-refractivity contribution in [3.63, 3.8) is 0 Å². The minimum atomic E-state index is -1.26. The minimum Gasteiger partial charge on any atom is -0.211 e. The number of hydrogen-bond donors (Lipinski definition) is 0. The molecular weight excluding hydrogens is 282 g/mol. The van der Waals surface area contributed by atoms with Crippen LogP contribution in [-0.2, 0) is 9.79 Å². The molecule has 0 radical (unpaired) electrons. The van der Waals surface area contributed by atoms with Gasteiger partial charge in [-0.3, -0.25) is 0 Å². The summed E-state index contributed by atoms with van der Waals surface area (Å²) in [6, 6.07) is 23.1. The number of rotatable bonds is 3. The lowest BCUT2D eigenvalue weighted by Crippen LogP contribution is -2.18. The molecule has 21 heavy (non-hydrogen) atoms. The maximum atomic E-state index is 10.9. The molecule has 3 rings (SSSR count). The molecule has 0 bridgehead atoms. The van der Waals surface area contributed by atoms with Crippen molar-refractivity contribution in [2.75, 3.05) is 0 Å². The van der Waals surface area contributed by atoms with Crippen LogP contribution in [0.25, 0.3) is 10.8 Å². The second-order valence-corrected chi connectivity index (χ2v) is 5.26. The van der Waals surface area contributed by atoms with Crippen molar-refractivity contribution >= 4 is 28.5 Å². The van der Waals surface area contributed by atoms with E-state index < -0.39 is 5.00 Å². The van der Waals surface area contributed by atoms with E-state index in [9.17, 15) is 4.79 Å². The second-order valence-electron chi connectivity index (χ2n) is 4.72. The van der Waals surface area contributed by atoms with Gasteiger partial charge < -0.3 is 0 Å². The molecule has 0 N–H and O–H groups in total. The molecule has 0 fully saturated rings. The van der Waals surface area contributed by atoms with E-state index in [1.165, 1.54) is 0 Å². The second kappa shape index (κ2) is 5.53. The van der Waals surface area contributed by atoms with Gasteiger partial charge in [-0.15, -0.1) is 0 Å². The van der Waals surface area contributed by atoms with Crippen molar-refractivity contribution in [1.29, 1.82) is 0 Å². The third kappa shape index (κ3) is 2.36. The highest BCUT2D eigenvalue weighted by molar-refractivity contribution is 6.27. The Kier molecular flexibility index (Phi) is 3.57. The summed E-state index contributed by atoms with van der Waals surface area (Å²) in [6.07, 6.45) is 1.61. The van der Waals surface area contributed by atoms with Gasteiger partial charge in [0.25, 0.3) is 0 Å². The highest BCUT2D eigenvalue weighted by atomic mass is 35.5. The summed E-state index contributed by atoms with van der Waals surface area (Å²) in [5, 5.41) is 2.02. The fraction of sp³-hybridized carbons (Fsp3) is 0.0556. The van der Waals surface area contributed by atoms with Crippen molar-refractivity contribution in [1.82, 2.24) is 0 Å². The van der Waals surface area contributed by atoms with Gasteiger partial charge in [-0.2, -0.15) is 4.99 Å². The highest BCUT2D eigenvalue weighted by Gasteiger charge is 2.33. The van der Waals surface area contributed by atoms with Crippen LogP contribution in [-0.4, -0.2) is 6.08 Å². The summed E-state index contributed by atoms with van der Waals surface area (Å²) >= 11 is 6.74. The van der Waals surface area contributed by atoms with Crippen LogP contribution in [0.5, 0.6) is 0 Å². The molecule has 0 heterocycles. The quantitative estimate of drug-likeness (QED) is 0.300. The average Bonchev–Trinajstić information content (AvgIpc) is 2.55. The van der Waals surface area contributed by atoms with Gasteiger partial charge in [0.15, 0.2) is 5.00 Å². The Morgan fingerprint density at radius 2 is 1.52 bits per heavy atom. The van der Waals surface area contributed by atoms with Crippen LogP contribution in [0.1, 0.15) is 11.1 Å². The monoisotopic (exact) mass is 293 g/mol. The predicted molar refractivity (Wildman–Crippen MR) is 85.1 cm³/mol. The van der Waals surface area contributed by atoms with Crippen molar-refractivity contribution in [3.05, 3.63) is 83.9 Å². The molecule has 0 aliphatic heterocycles. The van der Waals surface area contributed by atoms with Gasteiger partial charge in [-0.25, -0.2) is 4.79 Å². The van der Waals surface area contributed by atoms with E-state index >= 15 is 0 Å². The summed E-state index contributed by atoms with van der Waals surface area (Å²) in [5.41, 5.74) is 1.52. The first-order valence-corrected chi connectivity index (χ1v) is 6.95. The summed E-state index contributed by atoms with van der Waals surface area (Å²) < 4.78 is 0. The van der Waals surface area contributed by atoms with Gasteiger partial charge in [0.1, 0.15) is 0 Å². The lowest BCUT2D eigenvalue weighted by molar-refractivity contribution is 0.558. The summed E-state index contributed by atoms with van der Waals surface area (Å²) in [6.45, 7) is 0. The zero-order chi connectivity index (χ0) is 14.7. The molecule has 3 aromatic carbocycles. The third-order valence-corrected chi connectivity index (χ3v) is 4.01. The first kappa shape index (κ1) is 13.6. The number of alkyl halides is 1. The zero-order valence-corrected chi connectivity index (χ0v) is 11.9. The van der Waals surface area contributed by atoms with Gasteiger partial charge >= 0.3 is 0 Å². The first-order valence-electron chi connectivity index (χ1n) is 6.57. The van der Waals surface area contributed by atoms with Gasteiger partial charge in [0.2, 0.25) is 6.08 Å². The molecular formula is C18H12ClNO. The Hall–Kier alpha value is -2.41. The van der Waals surface area contributed by atoms with Crippen molar-refractivity contribution in [3.8, 4) is 0 Å². The largest absolute Gasteiger partial charge is 0.237 e. The van der Waals surface area contributed by atoms with Crippen LogP contribution in [0.4, 0.5) is 0 Å². The van der Waals surface area contributed by atoms with Crippen LogP contribution in [0, 0.1) is 0 Å². The Morgan fingerprint density at radius 3 is 2.29 bits per heavy atom. The molecule has 0 aliphatic rings. The smallest absolute Gasteiger partial charge is 0.211 e. The van der Waals surface area contributed by atoms with E-state index in [-0.39, 0.29) is 0 Å². The lowest BCUT2D eigenvalue weighted by atomic mass is 9.93. The standard InChI is InChI=1S/C18H12ClNO/c19-18(20-13-21,15-9-2-1-3-10-15)17-12-6-8-14-7-4-5-11-16(14)17/h1-12H. The van der Waals surface area contributed by atoms with E-state index in [1.54, 1.807) is 6.08 Å². The summed E-state index contributed by atoms with van der Waals surface area (Å²) in [5.74, 6) is 0. The number of fused-ring (bicyclic) bond motifs is 1. The van der Waals surface area contributed by atoms with E-state index in [2.05, 4.69) is 4.99 Å². The zero-order valence-electron chi connectivity index (χ0n) is 11.2. The number of isocyanates is 1. The van der Waals surface area contributed by atoms with E-state index in [0.717, 1.165) is 21.9 Å². The molecule has 102 valence electrons. The molecule has 0 aromatic heterocycles. The Labute approximate surface area is 127 Å². The fourth-order valence-electron chi connectivity index (χ4n) is 2.52. The van der Waals surface area contributed by atoms with Crippen LogP contribution >= 0.6 is 11.6 Å². The molecule has 0 saturated heterocycles. The molecule has 0 aliphatic carbocycles. The van der Waals surface area contributed by atoms with Crippen LogP contribution in [0.3, 0.4) is 0 Å². The van der Waals surface area contributed by atoms with Crippen LogP contribution < -0.4 is 0 Å². The number of halogens is 1. The van der Waals surface area contributed by atoms with Crippen LogP contribution in [0.15, 0.2) is 77.8 Å². The highest BCUT2D eigenvalue weighted by Crippen LogP contribution is 2.41. The molecule has 3 aromatic rings. The first-order chi connectivity index (χ1) is 10.3. The number of carbonyl (C=O) groups excluding carboxylic acids is 1. The van der Waals surface area contributed by atoms with Crippen molar-refractivity contribution in [2.24, 2.45) is 4.99 Å². The lowest BCUT2D eigenvalue weighted by Gasteiger charge is -2.23. The summed E-state index contributed by atoms with van der Waals surface area (Å²) in [4.78, 5) is 13.6. The maximum Gasteiger partial charge on any atom is 0.237 e. The number of hydrogen-bond acceptors (Lipinski definition) is 2. The molecule has 2 nitrogen and oxygen atoms in total. The molecule has 0 saturated carbocycles. The Balaban J connectivity index is 2.33. The summed E-state index contributed by atoms with van der Waals surface area (Å²) in [7, 11) is 0. The third-order valence-electron chi connectivity index (χ3n) is 3.50. The fourth-order valence-corrected chi connectivity index (χ4v) is 2.84. The molecule has 1 unspecified atom stereocenters. The Bertz CT molecular complexity index is 820. The SMILES string of the molecule is O=C=NC(Cl)(c1ccccc1)c1cccc2ccccc12. The van der Waals surface area contributed by atoms with Gasteiger partial charge in [-0.05, 0) is 16.3 Å².